The Labute approximate surface area is 158 Å². The number of hydrogen-bond donors (Lipinski definition) is 4. The van der Waals surface area contributed by atoms with Gasteiger partial charge < -0.3 is 10.4 Å². The molecule has 2 aromatic heterocycles. The number of benzene rings is 1. The summed E-state index contributed by atoms with van der Waals surface area (Å²) in [5.74, 6) is 0.529. The normalized spacial score (nSPS) is 21.6. The number of thiophene rings is 1. The average molecular weight is 379 g/mol. The van der Waals surface area contributed by atoms with Gasteiger partial charge in [-0.1, -0.05) is 18.2 Å². The van der Waals surface area contributed by atoms with Crippen molar-refractivity contribution in [2.45, 2.75) is 24.7 Å². The fraction of sp³-hybridized carbons (Fsp3) is 0.200. The number of phenolic OH excluding ortho intramolecular Hbond substituents is 1. The first kappa shape index (κ1) is 16.1. The maximum atomic E-state index is 13.2. The third-order valence-electron chi connectivity index (χ3n) is 5.35. The van der Waals surface area contributed by atoms with Gasteiger partial charge in [-0.25, -0.2) is 0 Å². The van der Waals surface area contributed by atoms with Crippen molar-refractivity contribution < 1.29 is 9.90 Å². The number of nitrogens with one attached hydrogen (secondary N) is 3. The molecule has 0 radical (unpaired) electrons. The van der Waals surface area contributed by atoms with E-state index in [4.69, 9.17) is 0 Å². The predicted octanol–water partition coefficient (Wildman–Crippen LogP) is 3.43. The number of aromatic nitrogens is 2. The molecule has 2 aliphatic rings. The Kier molecular flexibility index (Phi) is 3.58. The molecule has 6 nitrogen and oxygen atoms in total. The lowest BCUT2D eigenvalue weighted by Crippen LogP contribution is -2.31. The molecule has 7 heteroatoms. The average Bonchev–Trinajstić information content (AvgIpc) is 3.31. The highest BCUT2D eigenvalue weighted by Gasteiger charge is 2.40. The Morgan fingerprint density at radius 1 is 1.04 bits per heavy atom. The summed E-state index contributed by atoms with van der Waals surface area (Å²) in [5.41, 5.74) is 2.62. The molecule has 5 rings (SSSR count). The monoisotopic (exact) mass is 379 g/mol. The van der Waals surface area contributed by atoms with E-state index in [2.05, 4.69) is 21.6 Å². The second kappa shape index (κ2) is 5.99. The quantitative estimate of drug-likeness (QED) is 0.548. The Morgan fingerprint density at radius 2 is 1.85 bits per heavy atom. The Morgan fingerprint density at radius 3 is 2.59 bits per heavy atom. The molecule has 0 spiro atoms. The summed E-state index contributed by atoms with van der Waals surface area (Å²) in [5, 5.41) is 20.5. The summed E-state index contributed by atoms with van der Waals surface area (Å²) in [6.07, 6.45) is 1.16. The van der Waals surface area contributed by atoms with E-state index in [9.17, 15) is 14.7 Å². The van der Waals surface area contributed by atoms with Crippen LogP contribution in [0.5, 0.6) is 5.75 Å². The van der Waals surface area contributed by atoms with E-state index >= 15 is 0 Å². The van der Waals surface area contributed by atoms with Gasteiger partial charge in [-0.15, -0.1) is 11.3 Å². The van der Waals surface area contributed by atoms with E-state index in [0.29, 0.717) is 23.4 Å². The summed E-state index contributed by atoms with van der Waals surface area (Å²) in [4.78, 5) is 26.8. The number of fused-ring (bicyclic) bond motifs is 1. The van der Waals surface area contributed by atoms with Crippen LogP contribution in [0.2, 0.25) is 0 Å². The molecule has 0 fully saturated rings. The van der Waals surface area contributed by atoms with Gasteiger partial charge in [-0.2, -0.15) is 0 Å². The van der Waals surface area contributed by atoms with E-state index in [-0.39, 0.29) is 23.0 Å². The number of aromatic amines is 2. The van der Waals surface area contributed by atoms with Crippen LogP contribution >= 0.6 is 11.3 Å². The smallest absolute Gasteiger partial charge is 0.270 e. The standard InChI is InChI=1S/C20H17N3O3S/c24-12-5-3-10(4-6-12)16-17-13(21-19-18(16)20(26)23-22-19)8-11(9-14(17)25)15-2-1-7-27-15/h1-7,11,16,24H,8-9H2,(H3,21,22,23,26). The Balaban J connectivity index is 1.65. The van der Waals surface area contributed by atoms with E-state index < -0.39 is 5.92 Å². The molecule has 0 amide bonds. The zero-order chi connectivity index (χ0) is 18.5. The maximum Gasteiger partial charge on any atom is 0.270 e. The summed E-state index contributed by atoms with van der Waals surface area (Å²) in [6.45, 7) is 0. The van der Waals surface area contributed by atoms with Crippen molar-refractivity contribution in [1.82, 2.24) is 10.2 Å². The first-order valence-corrected chi connectivity index (χ1v) is 9.66. The van der Waals surface area contributed by atoms with Crippen LogP contribution in [0.1, 0.15) is 40.7 Å². The molecule has 136 valence electrons. The molecule has 27 heavy (non-hydrogen) atoms. The molecule has 4 N–H and O–H groups in total. The van der Waals surface area contributed by atoms with Crippen LogP contribution in [0.25, 0.3) is 0 Å². The SMILES string of the molecule is O=C1CC(c2cccs2)CC2=C1C(c1ccc(O)cc1)c1c([nH][nH]c1=O)N2. The predicted molar refractivity (Wildman–Crippen MR) is 103 cm³/mol. The fourth-order valence-corrected chi connectivity index (χ4v) is 4.98. The second-order valence-electron chi connectivity index (χ2n) is 6.95. The summed E-state index contributed by atoms with van der Waals surface area (Å²) in [6, 6.07) is 10.8. The van der Waals surface area contributed by atoms with Gasteiger partial charge in [-0.05, 0) is 35.6 Å². The third-order valence-corrected chi connectivity index (χ3v) is 6.38. The van der Waals surface area contributed by atoms with Crippen LogP contribution in [0.3, 0.4) is 0 Å². The van der Waals surface area contributed by atoms with Gasteiger partial charge in [0.2, 0.25) is 0 Å². The van der Waals surface area contributed by atoms with Gasteiger partial charge in [0.25, 0.3) is 5.56 Å². The summed E-state index contributed by atoms with van der Waals surface area (Å²) < 4.78 is 0. The molecule has 0 bridgehead atoms. The van der Waals surface area contributed by atoms with Crippen LogP contribution in [0, 0.1) is 0 Å². The van der Waals surface area contributed by atoms with Crippen molar-refractivity contribution in [2.75, 3.05) is 5.32 Å². The molecule has 0 saturated heterocycles. The van der Waals surface area contributed by atoms with Gasteiger partial charge in [-0.3, -0.25) is 19.8 Å². The lowest BCUT2D eigenvalue weighted by Gasteiger charge is -2.34. The number of carbonyl (C=O) groups is 1. The van der Waals surface area contributed by atoms with Crippen LogP contribution in [0.15, 0.2) is 57.8 Å². The van der Waals surface area contributed by atoms with Crippen LogP contribution in [-0.4, -0.2) is 21.1 Å². The number of anilines is 1. The number of H-pyrrole nitrogens is 2. The highest BCUT2D eigenvalue weighted by molar-refractivity contribution is 7.10. The van der Waals surface area contributed by atoms with Crippen LogP contribution in [0.4, 0.5) is 5.82 Å². The minimum Gasteiger partial charge on any atom is -0.508 e. The Bertz CT molecular complexity index is 1110. The molecular weight excluding hydrogens is 362 g/mol. The number of Topliss-reactive ketones (excluding diaryl/α,β-unsaturated/α-hetero) is 1. The molecule has 2 unspecified atom stereocenters. The van der Waals surface area contributed by atoms with Crippen LogP contribution < -0.4 is 10.9 Å². The van der Waals surface area contributed by atoms with Crippen molar-refractivity contribution >= 4 is 22.9 Å². The van der Waals surface area contributed by atoms with Gasteiger partial charge in [0.15, 0.2) is 5.78 Å². The van der Waals surface area contributed by atoms with E-state index in [1.54, 1.807) is 35.6 Å². The van der Waals surface area contributed by atoms with Crippen molar-refractivity contribution in [3.63, 3.8) is 0 Å². The van der Waals surface area contributed by atoms with E-state index in [1.165, 1.54) is 4.88 Å². The van der Waals surface area contributed by atoms with Crippen LogP contribution in [-0.2, 0) is 4.79 Å². The molecule has 2 atom stereocenters. The lowest BCUT2D eigenvalue weighted by atomic mass is 9.74. The largest absolute Gasteiger partial charge is 0.508 e. The number of carbonyl (C=O) groups excluding carboxylic acids is 1. The molecule has 1 aliphatic heterocycles. The molecule has 1 aliphatic carbocycles. The molecule has 3 heterocycles. The number of ketones is 1. The minimum absolute atomic E-state index is 0.0616. The minimum atomic E-state index is -0.441. The van der Waals surface area contributed by atoms with Gasteiger partial charge in [0.1, 0.15) is 11.6 Å². The number of aromatic hydroxyl groups is 1. The van der Waals surface area contributed by atoms with Gasteiger partial charge in [0.05, 0.1) is 5.56 Å². The first-order chi connectivity index (χ1) is 13.1. The second-order valence-corrected chi connectivity index (χ2v) is 7.93. The number of hydrogen-bond acceptors (Lipinski definition) is 5. The van der Waals surface area contributed by atoms with Gasteiger partial charge in [0, 0.05) is 34.4 Å². The van der Waals surface area contributed by atoms with Gasteiger partial charge >= 0.3 is 0 Å². The zero-order valence-electron chi connectivity index (χ0n) is 14.3. The van der Waals surface area contributed by atoms with Crippen molar-refractivity contribution in [3.8, 4) is 5.75 Å². The maximum absolute atomic E-state index is 13.2. The highest BCUT2D eigenvalue weighted by Crippen LogP contribution is 2.47. The Hall–Kier alpha value is -3.06. The number of rotatable bonds is 2. The third kappa shape index (κ3) is 2.54. The topological polar surface area (TPSA) is 98.0 Å². The molecule has 0 saturated carbocycles. The number of phenols is 1. The summed E-state index contributed by atoms with van der Waals surface area (Å²) in [7, 11) is 0. The first-order valence-electron chi connectivity index (χ1n) is 8.78. The molecule has 1 aromatic carbocycles. The van der Waals surface area contributed by atoms with Crippen molar-refractivity contribution in [3.05, 3.63) is 79.4 Å². The van der Waals surface area contributed by atoms with E-state index in [0.717, 1.165) is 17.7 Å². The molecular formula is C20H17N3O3S. The van der Waals surface area contributed by atoms with E-state index in [1.807, 2.05) is 11.4 Å². The highest BCUT2D eigenvalue weighted by atomic mass is 32.1. The lowest BCUT2D eigenvalue weighted by molar-refractivity contribution is -0.116. The van der Waals surface area contributed by atoms with Crippen molar-refractivity contribution in [1.29, 1.82) is 0 Å². The zero-order valence-corrected chi connectivity index (χ0v) is 15.1. The number of allylic oxidation sites excluding steroid dienone is 2. The van der Waals surface area contributed by atoms with Crippen molar-refractivity contribution in [2.24, 2.45) is 0 Å². The molecule has 3 aromatic rings. The fourth-order valence-electron chi connectivity index (χ4n) is 4.15. The summed E-state index contributed by atoms with van der Waals surface area (Å²) >= 11 is 1.66.